The largest absolute Gasteiger partial charge is 0.378 e. The van der Waals surface area contributed by atoms with Crippen molar-refractivity contribution in [3.8, 4) is 0 Å². The Morgan fingerprint density at radius 2 is 1.97 bits per heavy atom. The Bertz CT molecular complexity index is 1090. The van der Waals surface area contributed by atoms with Gasteiger partial charge in [0.1, 0.15) is 4.88 Å². The average molecular weight is 424 g/mol. The Morgan fingerprint density at radius 1 is 1.23 bits per heavy atom. The third-order valence-electron chi connectivity index (χ3n) is 4.10. The van der Waals surface area contributed by atoms with Gasteiger partial charge in [0.2, 0.25) is 5.13 Å². The number of nitro benzene ring substituents is 1. The third kappa shape index (κ3) is 5.17. The Labute approximate surface area is 177 Å². The summed E-state index contributed by atoms with van der Waals surface area (Å²) in [7, 11) is 3.95. The van der Waals surface area contributed by atoms with Crippen LogP contribution in [0.15, 0.2) is 53.6 Å². The van der Waals surface area contributed by atoms with Crippen LogP contribution in [-0.2, 0) is 0 Å². The number of nitrogens with zero attached hydrogens (tertiary/aromatic N) is 4. The summed E-state index contributed by atoms with van der Waals surface area (Å²) in [6.07, 6.45) is 1.67. The predicted molar refractivity (Wildman–Crippen MR) is 120 cm³/mol. The molecule has 0 aliphatic carbocycles. The van der Waals surface area contributed by atoms with Crippen LogP contribution in [0.25, 0.3) is 0 Å². The van der Waals surface area contributed by atoms with Gasteiger partial charge < -0.3 is 10.2 Å². The molecule has 2 aromatic carbocycles. The van der Waals surface area contributed by atoms with Crippen LogP contribution in [-0.4, -0.2) is 36.1 Å². The number of nitro groups is 1. The second-order valence-corrected chi connectivity index (χ2v) is 7.55. The van der Waals surface area contributed by atoms with Crippen LogP contribution in [0.1, 0.15) is 20.9 Å². The maximum Gasteiger partial charge on any atom is 0.271 e. The van der Waals surface area contributed by atoms with Crippen molar-refractivity contribution in [1.29, 1.82) is 0 Å². The van der Waals surface area contributed by atoms with Crippen LogP contribution in [0.3, 0.4) is 0 Å². The second kappa shape index (κ2) is 9.14. The molecule has 0 atom stereocenters. The van der Waals surface area contributed by atoms with E-state index in [0.29, 0.717) is 21.4 Å². The number of hydrazone groups is 1. The monoisotopic (exact) mass is 424 g/mol. The zero-order valence-corrected chi connectivity index (χ0v) is 17.4. The summed E-state index contributed by atoms with van der Waals surface area (Å²) in [5, 5.41) is 18.2. The molecule has 0 unspecified atom stereocenters. The molecular weight excluding hydrogens is 404 g/mol. The second-order valence-electron chi connectivity index (χ2n) is 6.55. The van der Waals surface area contributed by atoms with E-state index >= 15 is 0 Å². The van der Waals surface area contributed by atoms with E-state index in [2.05, 4.69) is 20.8 Å². The van der Waals surface area contributed by atoms with E-state index in [0.717, 1.165) is 22.6 Å². The number of carbonyl (C=O) groups is 1. The first kappa shape index (κ1) is 20.9. The van der Waals surface area contributed by atoms with Crippen molar-refractivity contribution in [2.75, 3.05) is 29.7 Å². The number of non-ortho nitro benzene ring substituents is 1. The standard InChI is InChI=1S/C20H20N6O3S/c1-13-18(19(27)23-15-5-4-6-17(11-15)26(28)29)30-20(22-13)24-21-12-14-7-9-16(10-8-14)25(2)3/h4-12H,1-3H3,(H,22,24)(H,23,27)/b21-12+. The highest BCUT2D eigenvalue weighted by molar-refractivity contribution is 7.17. The Kier molecular flexibility index (Phi) is 6.38. The van der Waals surface area contributed by atoms with Crippen molar-refractivity contribution in [3.05, 3.63) is 74.8 Å². The van der Waals surface area contributed by atoms with Gasteiger partial charge in [0.15, 0.2) is 0 Å². The molecule has 3 aromatic rings. The number of aryl methyl sites for hydroxylation is 1. The molecule has 0 spiro atoms. The van der Waals surface area contributed by atoms with Crippen molar-refractivity contribution in [2.45, 2.75) is 6.92 Å². The van der Waals surface area contributed by atoms with E-state index in [1.807, 2.05) is 43.3 Å². The van der Waals surface area contributed by atoms with E-state index in [1.165, 1.54) is 18.2 Å². The summed E-state index contributed by atoms with van der Waals surface area (Å²) in [6, 6.07) is 13.7. The number of amides is 1. The van der Waals surface area contributed by atoms with Gasteiger partial charge in [-0.3, -0.25) is 20.3 Å². The lowest BCUT2D eigenvalue weighted by molar-refractivity contribution is -0.384. The molecule has 9 nitrogen and oxygen atoms in total. The lowest BCUT2D eigenvalue weighted by Gasteiger charge is -2.11. The topological polar surface area (TPSA) is 113 Å². The first-order valence-electron chi connectivity index (χ1n) is 8.93. The fourth-order valence-corrected chi connectivity index (χ4v) is 3.37. The van der Waals surface area contributed by atoms with Gasteiger partial charge in [-0.25, -0.2) is 4.98 Å². The van der Waals surface area contributed by atoms with Crippen LogP contribution >= 0.6 is 11.3 Å². The summed E-state index contributed by atoms with van der Waals surface area (Å²) in [5.74, 6) is -0.387. The highest BCUT2D eigenvalue weighted by Crippen LogP contribution is 2.25. The summed E-state index contributed by atoms with van der Waals surface area (Å²) < 4.78 is 0. The van der Waals surface area contributed by atoms with Crippen LogP contribution in [0.4, 0.5) is 22.2 Å². The average Bonchev–Trinajstić information content (AvgIpc) is 3.09. The zero-order valence-electron chi connectivity index (χ0n) is 16.6. The van der Waals surface area contributed by atoms with E-state index < -0.39 is 4.92 Å². The van der Waals surface area contributed by atoms with Crippen LogP contribution < -0.4 is 15.6 Å². The molecule has 0 saturated heterocycles. The van der Waals surface area contributed by atoms with Gasteiger partial charge in [0.25, 0.3) is 11.6 Å². The van der Waals surface area contributed by atoms with Crippen LogP contribution in [0, 0.1) is 17.0 Å². The highest BCUT2D eigenvalue weighted by atomic mass is 32.1. The van der Waals surface area contributed by atoms with Crippen LogP contribution in [0.5, 0.6) is 0 Å². The minimum Gasteiger partial charge on any atom is -0.378 e. The molecule has 0 fully saturated rings. The molecule has 0 aliphatic rings. The highest BCUT2D eigenvalue weighted by Gasteiger charge is 2.16. The first-order chi connectivity index (χ1) is 14.3. The van der Waals surface area contributed by atoms with Gasteiger partial charge in [-0.2, -0.15) is 5.10 Å². The maximum absolute atomic E-state index is 12.5. The summed E-state index contributed by atoms with van der Waals surface area (Å²) in [6.45, 7) is 1.72. The number of hydrogen-bond acceptors (Lipinski definition) is 8. The van der Waals surface area contributed by atoms with Gasteiger partial charge in [0, 0.05) is 37.6 Å². The minimum absolute atomic E-state index is 0.0934. The maximum atomic E-state index is 12.5. The summed E-state index contributed by atoms with van der Waals surface area (Å²) in [4.78, 5) is 29.6. The molecule has 0 radical (unpaired) electrons. The number of carbonyl (C=O) groups excluding carboxylic acids is 1. The van der Waals surface area contributed by atoms with Gasteiger partial charge >= 0.3 is 0 Å². The number of anilines is 3. The molecule has 0 saturated carbocycles. The molecule has 0 bridgehead atoms. The minimum atomic E-state index is -0.512. The third-order valence-corrected chi connectivity index (χ3v) is 5.16. The van der Waals surface area contributed by atoms with Gasteiger partial charge in [-0.05, 0) is 30.7 Å². The molecule has 30 heavy (non-hydrogen) atoms. The predicted octanol–water partition coefficient (Wildman–Crippen LogP) is 4.12. The molecule has 10 heteroatoms. The van der Waals surface area contributed by atoms with Crippen molar-refractivity contribution >= 4 is 45.7 Å². The normalized spacial score (nSPS) is 10.8. The van der Waals surface area contributed by atoms with Crippen molar-refractivity contribution in [2.24, 2.45) is 5.10 Å². The van der Waals surface area contributed by atoms with Crippen molar-refractivity contribution < 1.29 is 9.72 Å². The lowest BCUT2D eigenvalue weighted by Crippen LogP contribution is -2.11. The van der Waals surface area contributed by atoms with Gasteiger partial charge in [-0.1, -0.05) is 29.5 Å². The molecule has 0 aliphatic heterocycles. The van der Waals surface area contributed by atoms with E-state index in [4.69, 9.17) is 0 Å². The number of thiazole rings is 1. The van der Waals surface area contributed by atoms with Crippen LogP contribution in [0.2, 0.25) is 0 Å². The zero-order chi connectivity index (χ0) is 21.7. The van der Waals surface area contributed by atoms with Crippen molar-refractivity contribution in [1.82, 2.24) is 4.98 Å². The molecule has 1 amide bonds. The fraction of sp³-hybridized carbons (Fsp3) is 0.150. The summed E-state index contributed by atoms with van der Waals surface area (Å²) >= 11 is 1.15. The number of benzene rings is 2. The lowest BCUT2D eigenvalue weighted by atomic mass is 10.2. The van der Waals surface area contributed by atoms with Gasteiger partial charge in [0.05, 0.1) is 16.8 Å². The number of aromatic nitrogens is 1. The molecule has 1 aromatic heterocycles. The fourth-order valence-electron chi connectivity index (χ4n) is 2.56. The molecule has 3 rings (SSSR count). The molecular formula is C20H20N6O3S. The van der Waals surface area contributed by atoms with E-state index in [1.54, 1.807) is 19.2 Å². The number of nitrogens with one attached hydrogen (secondary N) is 2. The summed E-state index contributed by atoms with van der Waals surface area (Å²) in [5.41, 5.74) is 5.63. The van der Waals surface area contributed by atoms with E-state index in [-0.39, 0.29) is 11.6 Å². The Hall–Kier alpha value is -3.79. The first-order valence-corrected chi connectivity index (χ1v) is 9.75. The molecule has 154 valence electrons. The molecule has 1 heterocycles. The van der Waals surface area contributed by atoms with Gasteiger partial charge in [-0.15, -0.1) is 0 Å². The SMILES string of the molecule is Cc1nc(N/N=C/c2ccc(N(C)C)cc2)sc1C(=O)Nc1cccc([N+](=O)[O-])c1. The number of hydrogen-bond donors (Lipinski definition) is 2. The quantitative estimate of drug-likeness (QED) is 0.335. The Balaban J connectivity index is 1.65. The molecule has 2 N–H and O–H groups in total. The van der Waals surface area contributed by atoms with Crippen molar-refractivity contribution in [3.63, 3.8) is 0 Å². The smallest absolute Gasteiger partial charge is 0.271 e. The number of rotatable bonds is 7. The Morgan fingerprint density at radius 3 is 2.63 bits per heavy atom. The van der Waals surface area contributed by atoms with E-state index in [9.17, 15) is 14.9 Å².